The maximum absolute atomic E-state index is 13.1. The topological polar surface area (TPSA) is 116 Å². The van der Waals surface area contributed by atoms with Gasteiger partial charge in [0.25, 0.3) is 11.8 Å². The number of nitrogens with zero attached hydrogens (tertiary/aromatic N) is 5. The quantitative estimate of drug-likeness (QED) is 0.259. The third-order valence-electron chi connectivity index (χ3n) is 7.70. The lowest BCUT2D eigenvalue weighted by Crippen LogP contribution is -2.47. The lowest BCUT2D eigenvalue weighted by Gasteiger charge is -2.31. The van der Waals surface area contributed by atoms with Crippen molar-refractivity contribution in [3.05, 3.63) is 96.1 Å². The van der Waals surface area contributed by atoms with Crippen LogP contribution < -0.4 is 10.1 Å². The highest BCUT2D eigenvalue weighted by atomic mass is 16.5. The first-order chi connectivity index (χ1) is 21.1. The van der Waals surface area contributed by atoms with Crippen molar-refractivity contribution in [3.63, 3.8) is 0 Å². The smallest absolute Gasteiger partial charge is 0.274 e. The lowest BCUT2D eigenvalue weighted by atomic mass is 9.87. The van der Waals surface area contributed by atoms with Crippen molar-refractivity contribution < 1.29 is 14.3 Å². The van der Waals surface area contributed by atoms with E-state index in [2.05, 4.69) is 64.0 Å². The first-order valence-corrected chi connectivity index (χ1v) is 14.6. The van der Waals surface area contributed by atoms with Crippen molar-refractivity contribution in [2.45, 2.75) is 26.2 Å². The maximum atomic E-state index is 13.1. The zero-order valence-electron chi connectivity index (χ0n) is 25.3. The Morgan fingerprint density at radius 3 is 2.52 bits per heavy atom. The summed E-state index contributed by atoms with van der Waals surface area (Å²) < 4.78 is 6.16. The Morgan fingerprint density at radius 2 is 1.73 bits per heavy atom. The van der Waals surface area contributed by atoms with Gasteiger partial charge < -0.3 is 24.8 Å². The minimum atomic E-state index is -0.237. The largest absolute Gasteiger partial charge is 0.457 e. The van der Waals surface area contributed by atoms with Gasteiger partial charge in [-0.2, -0.15) is 0 Å². The predicted molar refractivity (Wildman–Crippen MR) is 170 cm³/mol. The summed E-state index contributed by atoms with van der Waals surface area (Å²) >= 11 is 0. The average molecular weight is 590 g/mol. The number of pyridine rings is 2. The Hall–Kier alpha value is -5.09. The van der Waals surface area contributed by atoms with Crippen LogP contribution in [-0.2, 0) is 5.41 Å². The monoisotopic (exact) mass is 589 g/mol. The van der Waals surface area contributed by atoms with Crippen molar-refractivity contribution >= 4 is 28.4 Å². The molecule has 10 heteroatoms. The SMILES string of the molecule is CN1CCN(C(=O)c2c[nH]c(-c3cc(Oc4ccc5ncc(C(=O)Nc6cccc(C(C)(C)C)c6)cc5c4)ccn3)n2)CC1. The number of aromatic nitrogens is 4. The van der Waals surface area contributed by atoms with Gasteiger partial charge in [0.05, 0.1) is 11.1 Å². The molecule has 5 aromatic rings. The van der Waals surface area contributed by atoms with E-state index in [-0.39, 0.29) is 17.2 Å². The molecule has 0 unspecified atom stereocenters. The fourth-order valence-electron chi connectivity index (χ4n) is 5.04. The summed E-state index contributed by atoms with van der Waals surface area (Å²) in [5, 5.41) is 3.76. The number of rotatable bonds is 6. The van der Waals surface area contributed by atoms with Gasteiger partial charge in [-0.1, -0.05) is 32.9 Å². The van der Waals surface area contributed by atoms with Crippen LogP contribution in [0.3, 0.4) is 0 Å². The molecule has 0 saturated carbocycles. The van der Waals surface area contributed by atoms with Gasteiger partial charge in [-0.3, -0.25) is 19.6 Å². The number of fused-ring (bicyclic) bond motifs is 1. The highest BCUT2D eigenvalue weighted by Gasteiger charge is 2.23. The van der Waals surface area contributed by atoms with Gasteiger partial charge in [-0.25, -0.2) is 4.98 Å². The van der Waals surface area contributed by atoms with Crippen LogP contribution in [0.15, 0.2) is 79.3 Å². The van der Waals surface area contributed by atoms with Gasteiger partial charge in [0.15, 0.2) is 5.82 Å². The van der Waals surface area contributed by atoms with Crippen molar-refractivity contribution in [1.29, 1.82) is 0 Å². The van der Waals surface area contributed by atoms with Gasteiger partial charge in [-0.15, -0.1) is 0 Å². The highest BCUT2D eigenvalue weighted by molar-refractivity contribution is 6.05. The summed E-state index contributed by atoms with van der Waals surface area (Å²) in [6, 6.07) is 18.7. The van der Waals surface area contributed by atoms with Gasteiger partial charge in [0.2, 0.25) is 0 Å². The molecule has 3 aromatic heterocycles. The van der Waals surface area contributed by atoms with E-state index in [0.717, 1.165) is 35.2 Å². The lowest BCUT2D eigenvalue weighted by molar-refractivity contribution is 0.0658. The fraction of sp³-hybridized carbons (Fsp3) is 0.265. The molecule has 0 aliphatic carbocycles. The Balaban J connectivity index is 1.16. The average Bonchev–Trinajstić information content (AvgIpc) is 3.51. The van der Waals surface area contributed by atoms with Gasteiger partial charge in [0, 0.05) is 61.9 Å². The van der Waals surface area contributed by atoms with Crippen molar-refractivity contribution in [3.8, 4) is 23.0 Å². The van der Waals surface area contributed by atoms with Crippen LogP contribution in [-0.4, -0.2) is 74.8 Å². The molecule has 2 aromatic carbocycles. The zero-order valence-corrected chi connectivity index (χ0v) is 25.3. The van der Waals surface area contributed by atoms with E-state index < -0.39 is 0 Å². The van der Waals surface area contributed by atoms with E-state index in [9.17, 15) is 9.59 Å². The van der Waals surface area contributed by atoms with E-state index in [0.29, 0.717) is 47.4 Å². The molecule has 1 saturated heterocycles. The molecule has 4 heterocycles. The van der Waals surface area contributed by atoms with Crippen LogP contribution in [0.4, 0.5) is 5.69 Å². The Labute approximate surface area is 256 Å². The number of imidazole rings is 1. The van der Waals surface area contributed by atoms with E-state index in [1.165, 1.54) is 0 Å². The molecule has 6 rings (SSSR count). The number of amides is 2. The molecule has 0 spiro atoms. The molecule has 1 aliphatic rings. The van der Waals surface area contributed by atoms with E-state index in [1.807, 2.05) is 41.3 Å². The molecule has 44 heavy (non-hydrogen) atoms. The molecule has 0 bridgehead atoms. The second-order valence-electron chi connectivity index (χ2n) is 12.1. The highest BCUT2D eigenvalue weighted by Crippen LogP contribution is 2.28. The minimum absolute atomic E-state index is 0.0260. The molecule has 1 aliphatic heterocycles. The molecule has 0 radical (unpaired) electrons. The van der Waals surface area contributed by atoms with Crippen LogP contribution in [0.25, 0.3) is 22.4 Å². The number of carbonyl (C=O) groups excluding carboxylic acids is 2. The van der Waals surface area contributed by atoms with E-state index in [1.54, 1.807) is 36.8 Å². The molecule has 2 amide bonds. The van der Waals surface area contributed by atoms with Crippen LogP contribution in [0.1, 0.15) is 47.2 Å². The fourth-order valence-corrected chi connectivity index (χ4v) is 5.04. The zero-order chi connectivity index (χ0) is 30.8. The third kappa shape index (κ3) is 6.45. The first-order valence-electron chi connectivity index (χ1n) is 14.6. The Morgan fingerprint density at radius 1 is 0.932 bits per heavy atom. The number of H-pyrrole nitrogens is 1. The van der Waals surface area contributed by atoms with Crippen LogP contribution >= 0.6 is 0 Å². The number of carbonyl (C=O) groups is 2. The normalized spacial score (nSPS) is 14.0. The first kappa shape index (κ1) is 29.0. The number of anilines is 1. The Bertz CT molecular complexity index is 1830. The number of benzene rings is 2. The third-order valence-corrected chi connectivity index (χ3v) is 7.70. The number of hydrogen-bond acceptors (Lipinski definition) is 7. The molecular weight excluding hydrogens is 554 g/mol. The molecule has 1 fully saturated rings. The summed E-state index contributed by atoms with van der Waals surface area (Å²) in [4.78, 5) is 46.5. The van der Waals surface area contributed by atoms with Crippen LogP contribution in [0.5, 0.6) is 11.5 Å². The second kappa shape index (κ2) is 11.9. The van der Waals surface area contributed by atoms with Gasteiger partial charge >= 0.3 is 0 Å². The number of piperazine rings is 1. The second-order valence-corrected chi connectivity index (χ2v) is 12.1. The molecule has 2 N–H and O–H groups in total. The van der Waals surface area contributed by atoms with Crippen LogP contribution in [0.2, 0.25) is 0 Å². The molecule has 10 nitrogen and oxygen atoms in total. The number of likely N-dealkylation sites (N-methyl/N-ethyl adjacent to an activating group) is 1. The number of aromatic amines is 1. The number of nitrogens with one attached hydrogen (secondary N) is 2. The molecular formula is C34H35N7O3. The van der Waals surface area contributed by atoms with Crippen molar-refractivity contribution in [2.75, 3.05) is 38.5 Å². The molecule has 224 valence electrons. The van der Waals surface area contributed by atoms with Gasteiger partial charge in [-0.05, 0) is 60.5 Å². The molecule has 0 atom stereocenters. The van der Waals surface area contributed by atoms with E-state index >= 15 is 0 Å². The number of hydrogen-bond donors (Lipinski definition) is 2. The number of ether oxygens (including phenoxy) is 1. The summed E-state index contributed by atoms with van der Waals surface area (Å²) in [7, 11) is 2.05. The van der Waals surface area contributed by atoms with Gasteiger partial charge in [0.1, 0.15) is 22.9 Å². The summed E-state index contributed by atoms with van der Waals surface area (Å²) in [5.74, 6) is 1.29. The standard InChI is InChI=1S/C34H35N7O3/c1-34(2,3)24-6-5-7-25(18-24)38-32(42)23-16-22-17-26(8-9-28(22)36-20-23)44-27-10-11-35-29(19-27)31-37-21-30(39-31)33(43)41-14-12-40(4)13-15-41/h5-11,16-21H,12-15H2,1-4H3,(H,37,39)(H,38,42). The maximum Gasteiger partial charge on any atom is 0.274 e. The summed E-state index contributed by atoms with van der Waals surface area (Å²) in [6.45, 7) is 9.46. The Kier molecular flexibility index (Phi) is 7.84. The predicted octanol–water partition coefficient (Wildman–Crippen LogP) is 5.75. The summed E-state index contributed by atoms with van der Waals surface area (Å²) in [5.41, 5.74) is 3.95. The van der Waals surface area contributed by atoms with Crippen LogP contribution in [0, 0.1) is 0 Å². The van der Waals surface area contributed by atoms with Crippen molar-refractivity contribution in [1.82, 2.24) is 29.7 Å². The van der Waals surface area contributed by atoms with Crippen molar-refractivity contribution in [2.24, 2.45) is 0 Å². The van der Waals surface area contributed by atoms with E-state index in [4.69, 9.17) is 4.74 Å². The minimum Gasteiger partial charge on any atom is -0.457 e. The summed E-state index contributed by atoms with van der Waals surface area (Å²) in [6.07, 6.45) is 4.83.